The van der Waals surface area contributed by atoms with Gasteiger partial charge in [0.1, 0.15) is 0 Å². The van der Waals surface area contributed by atoms with E-state index in [-0.39, 0.29) is 10.6 Å². The van der Waals surface area contributed by atoms with Gasteiger partial charge >= 0.3 is 0 Å². The van der Waals surface area contributed by atoms with E-state index in [1.165, 1.54) is 44.9 Å². The lowest BCUT2D eigenvalue weighted by Gasteiger charge is -2.19. The first-order valence-corrected chi connectivity index (χ1v) is 9.57. The maximum atomic E-state index is 13.6. The molecule has 130 valence electrons. The molecule has 0 unspecified atom stereocenters. The van der Waals surface area contributed by atoms with Gasteiger partial charge in [0.05, 0.1) is 12.0 Å². The molecule has 0 atom stereocenters. The molecule has 0 aliphatic carbocycles. The number of hydrogen-bond donors (Lipinski definition) is 1. The molecule has 1 N–H and O–H groups in total. The number of likely N-dealkylation sites (tertiary alicyclic amines) is 1. The molecule has 1 heterocycles. The van der Waals surface area contributed by atoms with Crippen molar-refractivity contribution in [2.45, 2.75) is 37.0 Å². The highest BCUT2D eigenvalue weighted by molar-refractivity contribution is 7.89. The number of nitrogens with zero attached hydrogens (tertiary/aromatic N) is 1. The maximum absolute atomic E-state index is 13.6. The van der Waals surface area contributed by atoms with Crippen molar-refractivity contribution in [1.82, 2.24) is 9.62 Å². The number of halogens is 1. The highest BCUT2D eigenvalue weighted by Gasteiger charge is 2.16. The topological polar surface area (TPSA) is 58.6 Å². The van der Waals surface area contributed by atoms with Gasteiger partial charge in [-0.2, -0.15) is 0 Å². The molecule has 7 heteroatoms. The molecule has 1 saturated heterocycles. The van der Waals surface area contributed by atoms with Gasteiger partial charge in [-0.25, -0.2) is 17.5 Å². The molecular formula is C16H25FN2O3S. The van der Waals surface area contributed by atoms with E-state index in [2.05, 4.69) is 9.62 Å². The van der Waals surface area contributed by atoms with E-state index in [1.807, 2.05) is 0 Å². The SMILES string of the molecule is COc1ccc(S(=O)(=O)NCCCN2CCCCCC2)cc1F. The largest absolute Gasteiger partial charge is 0.494 e. The van der Waals surface area contributed by atoms with Gasteiger partial charge in [0.15, 0.2) is 11.6 Å². The minimum absolute atomic E-state index is 0.0325. The molecular weight excluding hydrogens is 319 g/mol. The number of ether oxygens (including phenoxy) is 1. The van der Waals surface area contributed by atoms with Crippen molar-refractivity contribution < 1.29 is 17.5 Å². The molecule has 23 heavy (non-hydrogen) atoms. The lowest BCUT2D eigenvalue weighted by Crippen LogP contribution is -2.30. The van der Waals surface area contributed by atoms with E-state index in [4.69, 9.17) is 4.74 Å². The van der Waals surface area contributed by atoms with Gasteiger partial charge in [-0.15, -0.1) is 0 Å². The second-order valence-electron chi connectivity index (χ2n) is 5.80. The first kappa shape index (κ1) is 18.2. The summed E-state index contributed by atoms with van der Waals surface area (Å²) < 4.78 is 45.3. The van der Waals surface area contributed by atoms with Crippen LogP contribution in [0.25, 0.3) is 0 Å². The molecule has 1 aliphatic heterocycles. The summed E-state index contributed by atoms with van der Waals surface area (Å²) in [5.41, 5.74) is 0. The standard InChI is InChI=1S/C16H25FN2O3S/c1-22-16-8-7-14(13-15(16)17)23(20,21)18-9-6-12-19-10-4-2-3-5-11-19/h7-8,13,18H,2-6,9-12H2,1H3. The Morgan fingerprint density at radius 1 is 1.22 bits per heavy atom. The van der Waals surface area contributed by atoms with Crippen LogP contribution in [0.2, 0.25) is 0 Å². The lowest BCUT2D eigenvalue weighted by molar-refractivity contribution is 0.282. The predicted octanol–water partition coefficient (Wildman–Crippen LogP) is 2.38. The van der Waals surface area contributed by atoms with E-state index >= 15 is 0 Å². The van der Waals surface area contributed by atoms with Crippen molar-refractivity contribution in [3.8, 4) is 5.75 Å². The average Bonchev–Trinajstić information content (AvgIpc) is 2.80. The van der Waals surface area contributed by atoms with Crippen molar-refractivity contribution >= 4 is 10.0 Å². The average molecular weight is 344 g/mol. The Labute approximate surface area is 137 Å². The van der Waals surface area contributed by atoms with Crippen molar-refractivity contribution in [2.75, 3.05) is 33.3 Å². The van der Waals surface area contributed by atoms with Crippen LogP contribution < -0.4 is 9.46 Å². The van der Waals surface area contributed by atoms with Crippen molar-refractivity contribution in [2.24, 2.45) is 0 Å². The molecule has 0 radical (unpaired) electrons. The van der Waals surface area contributed by atoms with Crippen molar-refractivity contribution in [3.63, 3.8) is 0 Å². The molecule has 1 aliphatic rings. The minimum Gasteiger partial charge on any atom is -0.494 e. The number of methoxy groups -OCH3 is 1. The summed E-state index contributed by atoms with van der Waals surface area (Å²) in [5, 5.41) is 0. The van der Waals surface area contributed by atoms with E-state index in [1.54, 1.807) is 0 Å². The summed E-state index contributed by atoms with van der Waals surface area (Å²) in [6, 6.07) is 3.65. The van der Waals surface area contributed by atoms with Crippen LogP contribution in [-0.2, 0) is 10.0 Å². The Bertz CT molecular complexity index is 599. The molecule has 0 amide bonds. The van der Waals surface area contributed by atoms with Gasteiger partial charge < -0.3 is 9.64 Å². The summed E-state index contributed by atoms with van der Waals surface area (Å²) in [4.78, 5) is 2.31. The Balaban J connectivity index is 1.82. The number of rotatable bonds is 7. The third-order valence-electron chi connectivity index (χ3n) is 4.08. The Morgan fingerprint density at radius 2 is 1.91 bits per heavy atom. The molecule has 0 bridgehead atoms. The molecule has 0 spiro atoms. The normalized spacial score (nSPS) is 17.0. The first-order chi connectivity index (χ1) is 11.0. The zero-order valence-electron chi connectivity index (χ0n) is 13.6. The van der Waals surface area contributed by atoms with Crippen LogP contribution in [0, 0.1) is 5.82 Å². The van der Waals surface area contributed by atoms with Gasteiger partial charge in [-0.3, -0.25) is 0 Å². The van der Waals surface area contributed by atoms with Gasteiger partial charge in [-0.05, 0) is 57.1 Å². The first-order valence-electron chi connectivity index (χ1n) is 8.08. The summed E-state index contributed by atoms with van der Waals surface area (Å²) in [6.45, 7) is 3.43. The monoisotopic (exact) mass is 344 g/mol. The van der Waals surface area contributed by atoms with E-state index in [0.29, 0.717) is 6.54 Å². The van der Waals surface area contributed by atoms with Gasteiger partial charge in [-0.1, -0.05) is 12.8 Å². The van der Waals surface area contributed by atoms with Gasteiger partial charge in [0.25, 0.3) is 0 Å². The zero-order chi connectivity index (χ0) is 16.7. The highest BCUT2D eigenvalue weighted by Crippen LogP contribution is 2.20. The molecule has 0 saturated carbocycles. The van der Waals surface area contributed by atoms with Crippen molar-refractivity contribution in [1.29, 1.82) is 0 Å². The van der Waals surface area contributed by atoms with Crippen LogP contribution in [0.15, 0.2) is 23.1 Å². The second kappa shape index (κ2) is 8.61. The number of benzene rings is 1. The molecule has 1 fully saturated rings. The van der Waals surface area contributed by atoms with E-state index in [0.717, 1.165) is 32.1 Å². The quantitative estimate of drug-likeness (QED) is 0.772. The smallest absolute Gasteiger partial charge is 0.240 e. The summed E-state index contributed by atoms with van der Waals surface area (Å²) in [7, 11) is -2.34. The van der Waals surface area contributed by atoms with E-state index in [9.17, 15) is 12.8 Å². The summed E-state index contributed by atoms with van der Waals surface area (Å²) >= 11 is 0. The Kier molecular flexibility index (Phi) is 6.80. The van der Waals surface area contributed by atoms with E-state index < -0.39 is 15.8 Å². The maximum Gasteiger partial charge on any atom is 0.240 e. The second-order valence-corrected chi connectivity index (χ2v) is 7.57. The lowest BCUT2D eigenvalue weighted by atomic mass is 10.2. The highest BCUT2D eigenvalue weighted by atomic mass is 32.2. The summed E-state index contributed by atoms with van der Waals surface area (Å²) in [6.07, 6.45) is 5.75. The van der Waals surface area contributed by atoms with Gasteiger partial charge in [0, 0.05) is 6.54 Å². The van der Waals surface area contributed by atoms with Crippen LogP contribution >= 0.6 is 0 Å². The van der Waals surface area contributed by atoms with Gasteiger partial charge in [0.2, 0.25) is 10.0 Å². The van der Waals surface area contributed by atoms with Crippen LogP contribution in [0.1, 0.15) is 32.1 Å². The fourth-order valence-corrected chi connectivity index (χ4v) is 3.85. The molecule has 1 aromatic carbocycles. The Morgan fingerprint density at radius 3 is 2.52 bits per heavy atom. The third kappa shape index (κ3) is 5.44. The fraction of sp³-hybridized carbons (Fsp3) is 0.625. The van der Waals surface area contributed by atoms with Crippen LogP contribution in [0.4, 0.5) is 4.39 Å². The van der Waals surface area contributed by atoms with Crippen LogP contribution in [0.3, 0.4) is 0 Å². The number of hydrogen-bond acceptors (Lipinski definition) is 4. The van der Waals surface area contributed by atoms with Crippen LogP contribution in [-0.4, -0.2) is 46.6 Å². The minimum atomic E-state index is -3.68. The molecule has 5 nitrogen and oxygen atoms in total. The zero-order valence-corrected chi connectivity index (χ0v) is 14.4. The predicted molar refractivity (Wildman–Crippen MR) is 87.7 cm³/mol. The fourth-order valence-electron chi connectivity index (χ4n) is 2.77. The number of nitrogens with one attached hydrogen (secondary N) is 1. The molecule has 1 aromatic rings. The Hall–Kier alpha value is -1.18. The van der Waals surface area contributed by atoms with Crippen molar-refractivity contribution in [3.05, 3.63) is 24.0 Å². The third-order valence-corrected chi connectivity index (χ3v) is 5.53. The molecule has 0 aromatic heterocycles. The number of sulfonamides is 1. The van der Waals surface area contributed by atoms with Crippen LogP contribution in [0.5, 0.6) is 5.75 Å². The summed E-state index contributed by atoms with van der Waals surface area (Å²) in [5.74, 6) is -0.648. The molecule has 2 rings (SSSR count).